The second kappa shape index (κ2) is 3.47. The van der Waals surface area contributed by atoms with Crippen molar-refractivity contribution in [1.82, 2.24) is 0 Å². The molecule has 1 aromatic rings. The van der Waals surface area contributed by atoms with Crippen LogP contribution < -0.4 is 0 Å². The number of sulfonamides is 1. The van der Waals surface area contributed by atoms with Crippen molar-refractivity contribution in [3.63, 3.8) is 0 Å². The van der Waals surface area contributed by atoms with E-state index < -0.39 is 10.0 Å². The van der Waals surface area contributed by atoms with Gasteiger partial charge in [0.1, 0.15) is 0 Å². The van der Waals surface area contributed by atoms with Gasteiger partial charge >= 0.3 is 0 Å². The number of fused-ring (bicyclic) bond motifs is 1. The van der Waals surface area contributed by atoms with Gasteiger partial charge in [-0.05, 0) is 12.1 Å². The minimum Gasteiger partial charge on any atom is -0.199 e. The summed E-state index contributed by atoms with van der Waals surface area (Å²) in [5.74, 6) is 0. The van der Waals surface area contributed by atoms with Crippen molar-refractivity contribution in [2.75, 3.05) is 0 Å². The highest BCUT2D eigenvalue weighted by molar-refractivity contribution is 7.90. The highest BCUT2D eigenvalue weighted by atomic mass is 32.2. The maximum atomic E-state index is 11.6. The highest BCUT2D eigenvalue weighted by Gasteiger charge is 2.26. The van der Waals surface area contributed by atoms with E-state index in [0.29, 0.717) is 11.3 Å². The zero-order chi connectivity index (χ0) is 10.9. The Labute approximate surface area is 88.5 Å². The third-order valence-corrected chi connectivity index (χ3v) is 3.40. The van der Waals surface area contributed by atoms with Gasteiger partial charge in [-0.25, -0.2) is 0 Å². The fourth-order valence-electron chi connectivity index (χ4n) is 1.41. The smallest absolute Gasteiger partial charge is 0.199 e. The quantitative estimate of drug-likeness (QED) is 0.713. The van der Waals surface area contributed by atoms with E-state index in [4.69, 9.17) is 0 Å². The van der Waals surface area contributed by atoms with Crippen LogP contribution in [0.4, 0.5) is 0 Å². The zero-order valence-electron chi connectivity index (χ0n) is 7.92. The van der Waals surface area contributed by atoms with Gasteiger partial charge in [0.05, 0.1) is 10.6 Å². The lowest BCUT2D eigenvalue weighted by Gasteiger charge is -1.95. The Morgan fingerprint density at radius 2 is 2.00 bits per heavy atom. The Morgan fingerprint density at radius 3 is 2.73 bits per heavy atom. The molecule has 76 valence electrons. The second-order valence-corrected chi connectivity index (χ2v) is 4.62. The van der Waals surface area contributed by atoms with Gasteiger partial charge in [-0.2, -0.15) is 12.8 Å². The largest absolute Gasteiger partial charge is 0.283 e. The van der Waals surface area contributed by atoms with Crippen LogP contribution in [-0.2, 0) is 10.0 Å². The van der Waals surface area contributed by atoms with Crippen LogP contribution in [0.2, 0.25) is 0 Å². The molecule has 0 fully saturated rings. The fourth-order valence-corrected chi connectivity index (χ4v) is 2.63. The predicted octanol–water partition coefficient (Wildman–Crippen LogP) is 1.92. The molecule has 0 amide bonds. The standard InChI is InChI=1S/C11H9NO2S/c1-2-3-7-10-9-6-4-5-8-11(9)15(13,14)12-10/h2-8H,1H2/b7-3+. The first-order chi connectivity index (χ1) is 7.15. The SMILES string of the molecule is C=C/C=C/C1=NS(=O)(=O)c2ccccc21. The summed E-state index contributed by atoms with van der Waals surface area (Å²) in [5.41, 5.74) is 1.11. The molecule has 0 saturated carbocycles. The van der Waals surface area contributed by atoms with Crippen LogP contribution in [0, 0.1) is 0 Å². The third kappa shape index (κ3) is 1.64. The van der Waals surface area contributed by atoms with E-state index in [-0.39, 0.29) is 4.90 Å². The van der Waals surface area contributed by atoms with E-state index >= 15 is 0 Å². The lowest BCUT2D eigenvalue weighted by atomic mass is 10.1. The van der Waals surface area contributed by atoms with Crippen molar-refractivity contribution in [3.05, 3.63) is 54.6 Å². The van der Waals surface area contributed by atoms with Crippen molar-refractivity contribution in [2.24, 2.45) is 4.40 Å². The Hall–Kier alpha value is -1.68. The molecule has 15 heavy (non-hydrogen) atoms. The van der Waals surface area contributed by atoms with Crippen LogP contribution in [0.25, 0.3) is 0 Å². The summed E-state index contributed by atoms with van der Waals surface area (Å²) in [6.07, 6.45) is 4.88. The topological polar surface area (TPSA) is 46.5 Å². The first-order valence-corrected chi connectivity index (χ1v) is 5.82. The molecule has 0 atom stereocenters. The van der Waals surface area contributed by atoms with Gasteiger partial charge < -0.3 is 0 Å². The molecule has 1 heterocycles. The van der Waals surface area contributed by atoms with Crippen molar-refractivity contribution < 1.29 is 8.42 Å². The van der Waals surface area contributed by atoms with Crippen LogP contribution in [-0.4, -0.2) is 14.1 Å². The number of nitrogens with zero attached hydrogens (tertiary/aromatic N) is 1. The van der Waals surface area contributed by atoms with Gasteiger partial charge in [0.25, 0.3) is 10.0 Å². The monoisotopic (exact) mass is 219 g/mol. The number of hydrogen-bond acceptors (Lipinski definition) is 2. The van der Waals surface area contributed by atoms with E-state index in [1.807, 2.05) is 0 Å². The molecule has 0 aliphatic carbocycles. The number of hydrogen-bond donors (Lipinski definition) is 0. The molecule has 3 nitrogen and oxygen atoms in total. The maximum Gasteiger partial charge on any atom is 0.283 e. The summed E-state index contributed by atoms with van der Waals surface area (Å²) in [5, 5.41) is 0. The van der Waals surface area contributed by atoms with E-state index in [9.17, 15) is 8.42 Å². The van der Waals surface area contributed by atoms with Gasteiger partial charge in [0, 0.05) is 5.56 Å². The maximum absolute atomic E-state index is 11.6. The van der Waals surface area contributed by atoms with Crippen LogP contribution in [0.3, 0.4) is 0 Å². The first-order valence-electron chi connectivity index (χ1n) is 4.38. The molecule has 2 rings (SSSR count). The summed E-state index contributed by atoms with van der Waals surface area (Å²) in [6, 6.07) is 6.78. The molecule has 1 aliphatic heterocycles. The molecule has 0 N–H and O–H groups in total. The predicted molar refractivity (Wildman–Crippen MR) is 59.5 cm³/mol. The minimum absolute atomic E-state index is 0.272. The van der Waals surface area contributed by atoms with Crippen LogP contribution in [0.1, 0.15) is 5.56 Å². The van der Waals surface area contributed by atoms with Crippen molar-refractivity contribution in [2.45, 2.75) is 4.90 Å². The summed E-state index contributed by atoms with van der Waals surface area (Å²) in [6.45, 7) is 3.52. The molecule has 0 unspecified atom stereocenters. The van der Waals surface area contributed by atoms with Crippen LogP contribution in [0.15, 0.2) is 58.4 Å². The van der Waals surface area contributed by atoms with Crippen molar-refractivity contribution in [3.8, 4) is 0 Å². The first kappa shape index (κ1) is 9.86. The summed E-state index contributed by atoms with van der Waals surface area (Å²) >= 11 is 0. The van der Waals surface area contributed by atoms with Gasteiger partial charge in [0.15, 0.2) is 0 Å². The number of rotatable bonds is 2. The van der Waals surface area contributed by atoms with E-state index in [0.717, 1.165) is 0 Å². The normalized spacial score (nSPS) is 17.5. The average molecular weight is 219 g/mol. The molecule has 0 bridgehead atoms. The summed E-state index contributed by atoms with van der Waals surface area (Å²) in [4.78, 5) is 0.272. The molecule has 0 spiro atoms. The van der Waals surface area contributed by atoms with Crippen molar-refractivity contribution >= 4 is 15.7 Å². The van der Waals surface area contributed by atoms with Crippen LogP contribution >= 0.6 is 0 Å². The van der Waals surface area contributed by atoms with Gasteiger partial charge in [-0.15, -0.1) is 0 Å². The zero-order valence-corrected chi connectivity index (χ0v) is 8.74. The van der Waals surface area contributed by atoms with Gasteiger partial charge in [-0.1, -0.05) is 36.9 Å². The molecule has 0 saturated heterocycles. The average Bonchev–Trinajstić information content (AvgIpc) is 2.49. The third-order valence-electron chi connectivity index (χ3n) is 2.05. The van der Waals surface area contributed by atoms with E-state index in [1.165, 1.54) is 0 Å². The molecule has 0 radical (unpaired) electrons. The minimum atomic E-state index is -3.48. The Bertz CT molecular complexity index is 568. The van der Waals surface area contributed by atoms with Crippen LogP contribution in [0.5, 0.6) is 0 Å². The fraction of sp³-hybridized carbons (Fsp3) is 0. The second-order valence-electron chi connectivity index (χ2n) is 3.04. The lowest BCUT2D eigenvalue weighted by Crippen LogP contribution is -1.93. The number of benzene rings is 1. The Morgan fingerprint density at radius 1 is 1.27 bits per heavy atom. The molecule has 4 heteroatoms. The van der Waals surface area contributed by atoms with Crippen molar-refractivity contribution in [1.29, 1.82) is 0 Å². The molecule has 1 aliphatic rings. The lowest BCUT2D eigenvalue weighted by molar-refractivity contribution is 0.599. The molecular formula is C11H9NO2S. The molecule has 1 aromatic carbocycles. The molecular weight excluding hydrogens is 210 g/mol. The van der Waals surface area contributed by atoms with E-state index in [2.05, 4.69) is 11.0 Å². The van der Waals surface area contributed by atoms with Gasteiger partial charge in [-0.3, -0.25) is 0 Å². The molecule has 0 aromatic heterocycles. The summed E-state index contributed by atoms with van der Waals surface area (Å²) in [7, 11) is -3.48. The number of allylic oxidation sites excluding steroid dienone is 3. The Balaban J connectivity index is 2.63. The van der Waals surface area contributed by atoms with Gasteiger partial charge in [0.2, 0.25) is 0 Å². The highest BCUT2D eigenvalue weighted by Crippen LogP contribution is 2.26. The summed E-state index contributed by atoms with van der Waals surface area (Å²) < 4.78 is 26.8. The Kier molecular flexibility index (Phi) is 2.28. The van der Waals surface area contributed by atoms with E-state index in [1.54, 1.807) is 42.5 Å².